The van der Waals surface area contributed by atoms with E-state index in [2.05, 4.69) is 19.9 Å². The second-order valence-corrected chi connectivity index (χ2v) is 7.25. The molecule has 1 aliphatic heterocycles. The summed E-state index contributed by atoms with van der Waals surface area (Å²) in [4.78, 5) is 16.7. The molecule has 3 rings (SSSR count). The maximum absolute atomic E-state index is 12.5. The lowest BCUT2D eigenvalue weighted by atomic mass is 10.2. The third-order valence-electron chi connectivity index (χ3n) is 3.99. The van der Waals surface area contributed by atoms with Crippen LogP contribution in [0, 0.1) is 0 Å². The Morgan fingerprint density at radius 3 is 2.70 bits per heavy atom. The van der Waals surface area contributed by atoms with E-state index in [0.717, 1.165) is 26.2 Å². The number of aromatic nitrogens is 1. The van der Waals surface area contributed by atoms with Crippen molar-refractivity contribution in [2.75, 3.05) is 39.3 Å². The van der Waals surface area contributed by atoms with Gasteiger partial charge in [0.05, 0.1) is 4.90 Å². The van der Waals surface area contributed by atoms with Crippen molar-refractivity contribution in [3.63, 3.8) is 0 Å². The summed E-state index contributed by atoms with van der Waals surface area (Å²) in [6.07, 6.45) is 1.46. The Morgan fingerprint density at radius 2 is 1.91 bits per heavy atom. The maximum atomic E-state index is 12.5. The van der Waals surface area contributed by atoms with Gasteiger partial charge in [0.15, 0.2) is 0 Å². The molecule has 1 saturated heterocycles. The highest BCUT2D eigenvalue weighted by molar-refractivity contribution is 7.89. The number of pyridine rings is 1. The molecular weight excluding hydrogens is 316 g/mol. The zero-order chi connectivity index (χ0) is 16.3. The number of fused-ring (bicyclic) bond motifs is 1. The Kier molecular flexibility index (Phi) is 4.76. The first-order valence-electron chi connectivity index (χ1n) is 7.61. The summed E-state index contributed by atoms with van der Waals surface area (Å²) >= 11 is 0. The summed E-state index contributed by atoms with van der Waals surface area (Å²) in [5.74, 6) is 0. The number of sulfonamides is 1. The summed E-state index contributed by atoms with van der Waals surface area (Å²) in [5, 5.41) is 4.07. The summed E-state index contributed by atoms with van der Waals surface area (Å²) < 4.78 is 27.7. The lowest BCUT2D eigenvalue weighted by Crippen LogP contribution is -2.46. The van der Waals surface area contributed by atoms with E-state index < -0.39 is 10.0 Å². The van der Waals surface area contributed by atoms with Gasteiger partial charge in [-0.3, -0.25) is 9.69 Å². The average Bonchev–Trinajstić information content (AvgIpc) is 2.55. The van der Waals surface area contributed by atoms with Gasteiger partial charge in [-0.1, -0.05) is 6.07 Å². The first-order chi connectivity index (χ1) is 11.1. The second kappa shape index (κ2) is 6.79. The van der Waals surface area contributed by atoms with Crippen molar-refractivity contribution in [3.8, 4) is 0 Å². The van der Waals surface area contributed by atoms with Crippen molar-refractivity contribution < 1.29 is 8.42 Å². The molecule has 23 heavy (non-hydrogen) atoms. The lowest BCUT2D eigenvalue weighted by Gasteiger charge is -2.27. The standard InChI is InChI=1S/C15H20N4O3S/c20-15-13-2-1-3-14(12(13)4-5-17-15)23(21,22)18-8-11-19-9-6-16-7-10-19/h1-5,16,18H,6-11H2,(H,17,20). The fourth-order valence-electron chi connectivity index (χ4n) is 2.78. The normalized spacial score (nSPS) is 16.7. The number of H-pyrrole nitrogens is 1. The van der Waals surface area contributed by atoms with Crippen LogP contribution in [0.15, 0.2) is 40.2 Å². The van der Waals surface area contributed by atoms with Crippen molar-refractivity contribution in [1.82, 2.24) is 19.9 Å². The topological polar surface area (TPSA) is 94.3 Å². The molecule has 0 unspecified atom stereocenters. The van der Waals surface area contributed by atoms with Crippen molar-refractivity contribution >= 4 is 20.8 Å². The number of nitrogens with one attached hydrogen (secondary N) is 3. The molecule has 1 fully saturated rings. The summed E-state index contributed by atoms with van der Waals surface area (Å²) in [7, 11) is -3.65. The predicted octanol–water partition coefficient (Wildman–Crippen LogP) is -0.288. The van der Waals surface area contributed by atoms with Crippen LogP contribution in [-0.2, 0) is 10.0 Å². The molecule has 0 radical (unpaired) electrons. The molecule has 0 aliphatic carbocycles. The fourth-order valence-corrected chi connectivity index (χ4v) is 4.02. The van der Waals surface area contributed by atoms with Gasteiger partial charge in [-0.05, 0) is 18.2 Å². The van der Waals surface area contributed by atoms with Crippen LogP contribution in [0.3, 0.4) is 0 Å². The van der Waals surface area contributed by atoms with Crippen molar-refractivity contribution in [2.45, 2.75) is 4.90 Å². The Morgan fingerprint density at radius 1 is 1.13 bits per heavy atom. The third kappa shape index (κ3) is 3.61. The van der Waals surface area contributed by atoms with Crippen LogP contribution in [0.2, 0.25) is 0 Å². The van der Waals surface area contributed by atoms with E-state index in [1.807, 2.05) is 0 Å². The Bertz CT molecular complexity index is 841. The second-order valence-electron chi connectivity index (χ2n) is 5.51. The molecule has 8 heteroatoms. The van der Waals surface area contributed by atoms with Crippen LogP contribution >= 0.6 is 0 Å². The summed E-state index contributed by atoms with van der Waals surface area (Å²) in [6.45, 7) is 4.72. The number of piperazine rings is 1. The number of benzene rings is 1. The number of nitrogens with zero attached hydrogens (tertiary/aromatic N) is 1. The lowest BCUT2D eigenvalue weighted by molar-refractivity contribution is 0.245. The Labute approximate surface area is 134 Å². The highest BCUT2D eigenvalue weighted by Crippen LogP contribution is 2.19. The molecule has 2 aromatic rings. The van der Waals surface area contributed by atoms with Gasteiger partial charge >= 0.3 is 0 Å². The molecule has 1 aromatic carbocycles. The summed E-state index contributed by atoms with van der Waals surface area (Å²) in [6, 6.07) is 6.34. The molecule has 0 bridgehead atoms. The molecule has 1 aromatic heterocycles. The van der Waals surface area contributed by atoms with Crippen LogP contribution in [0.4, 0.5) is 0 Å². The zero-order valence-corrected chi connectivity index (χ0v) is 13.5. The van der Waals surface area contributed by atoms with E-state index in [-0.39, 0.29) is 10.5 Å². The minimum atomic E-state index is -3.65. The van der Waals surface area contributed by atoms with E-state index in [9.17, 15) is 13.2 Å². The van der Waals surface area contributed by atoms with E-state index in [4.69, 9.17) is 0 Å². The molecule has 2 heterocycles. The Balaban J connectivity index is 1.77. The first kappa shape index (κ1) is 16.1. The van der Waals surface area contributed by atoms with Crippen molar-refractivity contribution in [3.05, 3.63) is 40.8 Å². The highest BCUT2D eigenvalue weighted by atomic mass is 32.2. The van der Waals surface area contributed by atoms with Gasteiger partial charge in [0, 0.05) is 56.2 Å². The SMILES string of the molecule is O=c1[nH]ccc2c(S(=O)(=O)NCCN3CCNCC3)cccc12. The average molecular weight is 336 g/mol. The van der Waals surface area contributed by atoms with Gasteiger partial charge in [-0.25, -0.2) is 13.1 Å². The fraction of sp³-hybridized carbons (Fsp3) is 0.400. The quantitative estimate of drug-likeness (QED) is 0.698. The molecular formula is C15H20N4O3S. The molecule has 0 saturated carbocycles. The molecule has 1 aliphatic rings. The molecule has 0 atom stereocenters. The minimum Gasteiger partial charge on any atom is -0.329 e. The van der Waals surface area contributed by atoms with Gasteiger partial charge in [0.2, 0.25) is 10.0 Å². The molecule has 0 spiro atoms. The van der Waals surface area contributed by atoms with Crippen LogP contribution in [0.1, 0.15) is 0 Å². The van der Waals surface area contributed by atoms with Gasteiger partial charge in [0.25, 0.3) is 5.56 Å². The number of hydrogen-bond donors (Lipinski definition) is 3. The Hall–Kier alpha value is -1.74. The maximum Gasteiger partial charge on any atom is 0.255 e. The molecule has 3 N–H and O–H groups in total. The van der Waals surface area contributed by atoms with E-state index >= 15 is 0 Å². The zero-order valence-electron chi connectivity index (χ0n) is 12.7. The van der Waals surface area contributed by atoms with Gasteiger partial charge < -0.3 is 10.3 Å². The predicted molar refractivity (Wildman–Crippen MR) is 89.1 cm³/mol. The largest absolute Gasteiger partial charge is 0.329 e. The smallest absolute Gasteiger partial charge is 0.255 e. The number of hydrogen-bond acceptors (Lipinski definition) is 5. The van der Waals surface area contributed by atoms with E-state index in [1.54, 1.807) is 18.2 Å². The van der Waals surface area contributed by atoms with Crippen LogP contribution < -0.4 is 15.6 Å². The molecule has 124 valence electrons. The molecule has 0 amide bonds. The molecule has 7 nitrogen and oxygen atoms in total. The number of aromatic amines is 1. The van der Waals surface area contributed by atoms with Gasteiger partial charge in [-0.2, -0.15) is 0 Å². The third-order valence-corrected chi connectivity index (χ3v) is 5.51. The minimum absolute atomic E-state index is 0.140. The van der Waals surface area contributed by atoms with Crippen LogP contribution in [-0.4, -0.2) is 57.6 Å². The van der Waals surface area contributed by atoms with Crippen LogP contribution in [0.25, 0.3) is 10.8 Å². The number of rotatable bonds is 5. The van der Waals surface area contributed by atoms with Crippen molar-refractivity contribution in [2.24, 2.45) is 0 Å². The summed E-state index contributed by atoms with van der Waals surface area (Å²) in [5.41, 5.74) is -0.291. The van der Waals surface area contributed by atoms with Crippen LogP contribution in [0.5, 0.6) is 0 Å². The monoisotopic (exact) mass is 336 g/mol. The van der Waals surface area contributed by atoms with Gasteiger partial charge in [-0.15, -0.1) is 0 Å². The van der Waals surface area contributed by atoms with E-state index in [0.29, 0.717) is 23.9 Å². The van der Waals surface area contributed by atoms with Crippen molar-refractivity contribution in [1.29, 1.82) is 0 Å². The first-order valence-corrected chi connectivity index (χ1v) is 9.09. The highest BCUT2D eigenvalue weighted by Gasteiger charge is 2.18. The van der Waals surface area contributed by atoms with Gasteiger partial charge in [0.1, 0.15) is 0 Å². The van der Waals surface area contributed by atoms with E-state index in [1.165, 1.54) is 12.3 Å².